The van der Waals surface area contributed by atoms with Crippen LogP contribution in [0.5, 0.6) is 0 Å². The molecule has 1 saturated heterocycles. The van der Waals surface area contributed by atoms with Crippen molar-refractivity contribution < 1.29 is 13.2 Å². The van der Waals surface area contributed by atoms with Crippen molar-refractivity contribution >= 4 is 27.6 Å². The molecule has 0 bridgehead atoms. The van der Waals surface area contributed by atoms with E-state index in [2.05, 4.69) is 9.71 Å². The predicted octanol–water partition coefficient (Wildman–Crippen LogP) is 3.01. The zero-order valence-electron chi connectivity index (χ0n) is 14.1. The quantitative estimate of drug-likeness (QED) is 0.917. The standard InChI is InChI=1S/C18H19N3O3S/c1-13-6-8-16(9-7-13)25(23,24)20-17-10-11-19-18(22)21(17)15-5-3-4-14(2)12-15/h3-9,12H,10-11H2,1-2H3,(H,19,22). The van der Waals surface area contributed by atoms with Crippen LogP contribution in [0.25, 0.3) is 0 Å². The summed E-state index contributed by atoms with van der Waals surface area (Å²) in [6, 6.07) is 13.4. The highest BCUT2D eigenvalue weighted by Crippen LogP contribution is 2.22. The fourth-order valence-electron chi connectivity index (χ4n) is 2.61. The number of carbonyl (C=O) groups excluding carboxylic acids is 1. The van der Waals surface area contributed by atoms with Gasteiger partial charge < -0.3 is 5.32 Å². The van der Waals surface area contributed by atoms with Gasteiger partial charge in [-0.2, -0.15) is 8.42 Å². The predicted molar refractivity (Wildman–Crippen MR) is 97.5 cm³/mol. The summed E-state index contributed by atoms with van der Waals surface area (Å²) in [6.07, 6.45) is 0.338. The number of nitrogens with one attached hydrogen (secondary N) is 1. The molecule has 7 heteroatoms. The van der Waals surface area contributed by atoms with Crippen LogP contribution in [-0.4, -0.2) is 26.8 Å². The minimum absolute atomic E-state index is 0.112. The van der Waals surface area contributed by atoms with E-state index in [1.807, 2.05) is 32.0 Å². The Morgan fingerprint density at radius 1 is 1.04 bits per heavy atom. The molecule has 0 radical (unpaired) electrons. The van der Waals surface area contributed by atoms with Gasteiger partial charge in [0, 0.05) is 13.0 Å². The lowest BCUT2D eigenvalue weighted by molar-refractivity contribution is 0.248. The van der Waals surface area contributed by atoms with Crippen molar-refractivity contribution in [2.75, 3.05) is 11.4 Å². The molecule has 3 rings (SSSR count). The molecule has 1 fully saturated rings. The van der Waals surface area contributed by atoms with Gasteiger partial charge in [0.05, 0.1) is 10.6 Å². The fourth-order valence-corrected chi connectivity index (χ4v) is 3.65. The molecule has 0 saturated carbocycles. The zero-order valence-corrected chi connectivity index (χ0v) is 14.9. The topological polar surface area (TPSA) is 78.8 Å². The molecule has 1 N–H and O–H groups in total. The van der Waals surface area contributed by atoms with Crippen molar-refractivity contribution in [1.29, 1.82) is 0 Å². The lowest BCUT2D eigenvalue weighted by Gasteiger charge is -2.29. The molecular formula is C18H19N3O3S. The van der Waals surface area contributed by atoms with Gasteiger partial charge in [0.1, 0.15) is 5.84 Å². The third kappa shape index (κ3) is 3.71. The fraction of sp³-hybridized carbons (Fsp3) is 0.222. The van der Waals surface area contributed by atoms with Crippen molar-refractivity contribution in [3.63, 3.8) is 0 Å². The monoisotopic (exact) mass is 357 g/mol. The number of amides is 2. The number of benzene rings is 2. The maximum Gasteiger partial charge on any atom is 0.327 e. The van der Waals surface area contributed by atoms with Crippen molar-refractivity contribution in [3.05, 3.63) is 59.7 Å². The van der Waals surface area contributed by atoms with Gasteiger partial charge in [-0.05, 0) is 43.7 Å². The third-order valence-corrected chi connectivity index (χ3v) is 5.21. The Hall–Kier alpha value is -2.67. The second-order valence-electron chi connectivity index (χ2n) is 5.95. The number of urea groups is 1. The second-order valence-corrected chi connectivity index (χ2v) is 7.56. The average Bonchev–Trinajstić information content (AvgIpc) is 2.55. The number of anilines is 1. The number of hydrogen-bond acceptors (Lipinski definition) is 3. The third-order valence-electron chi connectivity index (χ3n) is 3.89. The van der Waals surface area contributed by atoms with Gasteiger partial charge in [0.2, 0.25) is 0 Å². The molecule has 0 aliphatic carbocycles. The molecule has 0 spiro atoms. The molecule has 6 nitrogen and oxygen atoms in total. The molecule has 1 aliphatic heterocycles. The minimum Gasteiger partial charge on any atom is -0.337 e. The number of sulfonamides is 1. The number of aryl methyl sites for hydroxylation is 2. The Morgan fingerprint density at radius 2 is 1.76 bits per heavy atom. The Balaban J connectivity index is 2.04. The Kier molecular flexibility index (Phi) is 4.59. The van der Waals surface area contributed by atoms with Gasteiger partial charge >= 0.3 is 6.03 Å². The van der Waals surface area contributed by atoms with E-state index < -0.39 is 10.0 Å². The summed E-state index contributed by atoms with van der Waals surface area (Å²) < 4.78 is 29.2. The van der Waals surface area contributed by atoms with E-state index in [0.29, 0.717) is 18.7 Å². The largest absolute Gasteiger partial charge is 0.337 e. The highest BCUT2D eigenvalue weighted by molar-refractivity contribution is 7.90. The molecule has 2 amide bonds. The lowest BCUT2D eigenvalue weighted by atomic mass is 10.2. The molecule has 2 aromatic carbocycles. The van der Waals surface area contributed by atoms with E-state index in [1.54, 1.807) is 18.2 Å². The second kappa shape index (κ2) is 6.68. The van der Waals surface area contributed by atoms with Crippen LogP contribution in [0.2, 0.25) is 0 Å². The molecule has 0 unspecified atom stereocenters. The molecule has 1 aliphatic rings. The van der Waals surface area contributed by atoms with Gasteiger partial charge in [0.15, 0.2) is 0 Å². The van der Waals surface area contributed by atoms with Crippen LogP contribution in [0.3, 0.4) is 0 Å². The van der Waals surface area contributed by atoms with Crippen molar-refractivity contribution in [3.8, 4) is 0 Å². The molecule has 2 aromatic rings. The number of hydrogen-bond donors (Lipinski definition) is 1. The first-order valence-electron chi connectivity index (χ1n) is 7.92. The first-order chi connectivity index (χ1) is 11.9. The Labute approximate surface area is 147 Å². The SMILES string of the molecule is Cc1ccc(S(=O)(=O)N=C2CCNC(=O)N2c2cccc(C)c2)cc1. The maximum atomic E-state index is 12.6. The zero-order chi connectivity index (χ0) is 18.0. The van der Waals surface area contributed by atoms with Crippen LogP contribution in [0, 0.1) is 13.8 Å². The van der Waals surface area contributed by atoms with Gasteiger partial charge in [-0.3, -0.25) is 0 Å². The number of carbonyl (C=O) groups is 1. The number of amidine groups is 1. The molecule has 1 heterocycles. The summed E-state index contributed by atoms with van der Waals surface area (Å²) in [5.41, 5.74) is 2.52. The summed E-state index contributed by atoms with van der Waals surface area (Å²) in [7, 11) is -3.88. The summed E-state index contributed by atoms with van der Waals surface area (Å²) in [6.45, 7) is 4.14. The first-order valence-corrected chi connectivity index (χ1v) is 9.36. The van der Waals surface area contributed by atoms with Gasteiger partial charge in [-0.1, -0.05) is 29.8 Å². The highest BCUT2D eigenvalue weighted by atomic mass is 32.2. The van der Waals surface area contributed by atoms with Crippen LogP contribution in [0.15, 0.2) is 57.8 Å². The highest BCUT2D eigenvalue weighted by Gasteiger charge is 2.28. The van der Waals surface area contributed by atoms with Crippen molar-refractivity contribution in [2.45, 2.75) is 25.2 Å². The molecule has 0 atom stereocenters. The summed E-state index contributed by atoms with van der Waals surface area (Å²) in [5, 5.41) is 2.72. The number of nitrogens with zero attached hydrogens (tertiary/aromatic N) is 2. The van der Waals surface area contributed by atoms with Crippen molar-refractivity contribution in [2.24, 2.45) is 4.40 Å². The van der Waals surface area contributed by atoms with Crippen LogP contribution in [0.4, 0.5) is 10.5 Å². The van der Waals surface area contributed by atoms with Crippen LogP contribution < -0.4 is 10.2 Å². The van der Waals surface area contributed by atoms with E-state index >= 15 is 0 Å². The van der Waals surface area contributed by atoms with E-state index in [-0.39, 0.29) is 16.8 Å². The first kappa shape index (κ1) is 17.2. The Morgan fingerprint density at radius 3 is 2.44 bits per heavy atom. The van der Waals surface area contributed by atoms with Crippen LogP contribution >= 0.6 is 0 Å². The Bertz CT molecular complexity index is 934. The smallest absolute Gasteiger partial charge is 0.327 e. The summed E-state index contributed by atoms with van der Waals surface area (Å²) >= 11 is 0. The molecule has 0 aromatic heterocycles. The normalized spacial score (nSPS) is 16.8. The van der Waals surface area contributed by atoms with E-state index in [4.69, 9.17) is 0 Å². The van der Waals surface area contributed by atoms with E-state index in [9.17, 15) is 13.2 Å². The molecule has 130 valence electrons. The van der Waals surface area contributed by atoms with E-state index in [0.717, 1.165) is 11.1 Å². The van der Waals surface area contributed by atoms with Crippen LogP contribution in [-0.2, 0) is 10.0 Å². The average molecular weight is 357 g/mol. The maximum absolute atomic E-state index is 12.6. The molecule has 25 heavy (non-hydrogen) atoms. The van der Waals surface area contributed by atoms with E-state index in [1.165, 1.54) is 17.0 Å². The van der Waals surface area contributed by atoms with Gasteiger partial charge in [-0.15, -0.1) is 4.40 Å². The van der Waals surface area contributed by atoms with Crippen molar-refractivity contribution in [1.82, 2.24) is 5.32 Å². The lowest BCUT2D eigenvalue weighted by Crippen LogP contribution is -2.50. The molecular weight excluding hydrogens is 338 g/mol. The van der Waals surface area contributed by atoms with Gasteiger partial charge in [-0.25, -0.2) is 9.69 Å². The van der Waals surface area contributed by atoms with Gasteiger partial charge in [0.25, 0.3) is 10.0 Å². The van der Waals surface area contributed by atoms with Crippen LogP contribution in [0.1, 0.15) is 17.5 Å². The minimum atomic E-state index is -3.88. The summed E-state index contributed by atoms with van der Waals surface area (Å²) in [5.74, 6) is 0.218. The summed E-state index contributed by atoms with van der Waals surface area (Å²) in [4.78, 5) is 13.8. The number of rotatable bonds is 3.